The molecular formula is C24H28N2O5. The molecule has 2 heterocycles. The third kappa shape index (κ3) is 2.89. The van der Waals surface area contributed by atoms with E-state index in [4.69, 9.17) is 9.47 Å². The van der Waals surface area contributed by atoms with Crippen LogP contribution >= 0.6 is 0 Å². The summed E-state index contributed by atoms with van der Waals surface area (Å²) in [6.45, 7) is 2.29. The number of rotatable bonds is 5. The van der Waals surface area contributed by atoms with Crippen molar-refractivity contribution >= 4 is 17.7 Å². The second-order valence-corrected chi connectivity index (χ2v) is 9.02. The quantitative estimate of drug-likeness (QED) is 0.536. The van der Waals surface area contributed by atoms with Gasteiger partial charge in [-0.3, -0.25) is 19.3 Å². The Morgan fingerprint density at radius 1 is 1.06 bits per heavy atom. The summed E-state index contributed by atoms with van der Waals surface area (Å²) in [5.74, 6) is 0.541. The van der Waals surface area contributed by atoms with Gasteiger partial charge in [-0.15, -0.1) is 0 Å². The molecular weight excluding hydrogens is 396 g/mol. The summed E-state index contributed by atoms with van der Waals surface area (Å²) >= 11 is 0. The molecule has 4 aliphatic rings. The molecule has 7 nitrogen and oxygen atoms in total. The van der Waals surface area contributed by atoms with Crippen LogP contribution in [0.3, 0.4) is 0 Å². The van der Waals surface area contributed by atoms with Crippen molar-refractivity contribution in [2.24, 2.45) is 23.7 Å². The highest BCUT2D eigenvalue weighted by Gasteiger charge is 2.60. The van der Waals surface area contributed by atoms with Gasteiger partial charge in [-0.25, -0.2) is 0 Å². The second-order valence-electron chi connectivity index (χ2n) is 9.02. The van der Waals surface area contributed by atoms with Crippen LogP contribution in [0.2, 0.25) is 0 Å². The van der Waals surface area contributed by atoms with Crippen molar-refractivity contribution in [1.29, 1.82) is 0 Å². The van der Waals surface area contributed by atoms with Crippen LogP contribution in [0.5, 0.6) is 11.5 Å². The van der Waals surface area contributed by atoms with Crippen LogP contribution in [-0.4, -0.2) is 54.3 Å². The minimum Gasteiger partial charge on any atom is -0.497 e. The molecule has 2 bridgehead atoms. The molecule has 3 amide bonds. The Kier molecular flexibility index (Phi) is 4.79. The molecule has 0 aromatic heterocycles. The van der Waals surface area contributed by atoms with Crippen LogP contribution in [0.1, 0.15) is 37.8 Å². The molecule has 2 aliphatic heterocycles. The minimum atomic E-state index is -0.796. The molecule has 0 N–H and O–H groups in total. The zero-order valence-electron chi connectivity index (χ0n) is 18.1. The summed E-state index contributed by atoms with van der Waals surface area (Å²) in [4.78, 5) is 42.9. The lowest BCUT2D eigenvalue weighted by atomic mass is 9.85. The van der Waals surface area contributed by atoms with E-state index in [1.807, 2.05) is 18.2 Å². The third-order valence-corrected chi connectivity index (χ3v) is 7.58. The number of fused-ring (bicyclic) bond motifs is 5. The summed E-state index contributed by atoms with van der Waals surface area (Å²) in [6.07, 6.45) is 6.69. The van der Waals surface area contributed by atoms with Gasteiger partial charge in [-0.1, -0.05) is 12.2 Å². The number of methoxy groups -OCH3 is 2. The van der Waals surface area contributed by atoms with Crippen LogP contribution < -0.4 is 9.47 Å². The van der Waals surface area contributed by atoms with Gasteiger partial charge in [0, 0.05) is 18.2 Å². The van der Waals surface area contributed by atoms with Crippen molar-refractivity contribution in [1.82, 2.24) is 9.80 Å². The minimum absolute atomic E-state index is 0.141. The molecule has 5 rings (SSSR count). The number of benzene rings is 1. The first-order valence-electron chi connectivity index (χ1n) is 11.0. The summed E-state index contributed by atoms with van der Waals surface area (Å²) in [7, 11) is 3.20. The third-order valence-electron chi connectivity index (χ3n) is 7.58. The average Bonchev–Trinajstić information content (AvgIpc) is 3.56. The van der Waals surface area contributed by atoms with E-state index >= 15 is 0 Å². The number of imide groups is 1. The Bertz CT molecular complexity index is 943. The second kappa shape index (κ2) is 7.39. The van der Waals surface area contributed by atoms with Gasteiger partial charge >= 0.3 is 0 Å². The van der Waals surface area contributed by atoms with Crippen molar-refractivity contribution in [3.05, 3.63) is 35.9 Å². The molecule has 7 heteroatoms. The lowest BCUT2D eigenvalue weighted by Gasteiger charge is -2.32. The van der Waals surface area contributed by atoms with Crippen LogP contribution in [-0.2, 0) is 14.4 Å². The SMILES string of the molecule is COc1ccc([C@@H]2CCCN2C(=O)[C@H](C)N2C(=O)[C@@H]3[C@H](C2=O)[C@H]2C=C[C@H]3C2)c(OC)c1. The fourth-order valence-electron chi connectivity index (χ4n) is 6.11. The monoisotopic (exact) mass is 424 g/mol. The van der Waals surface area contributed by atoms with Gasteiger partial charge in [0.1, 0.15) is 17.5 Å². The molecule has 1 saturated carbocycles. The maximum atomic E-state index is 13.5. The maximum Gasteiger partial charge on any atom is 0.246 e. The first-order chi connectivity index (χ1) is 15.0. The number of hydrogen-bond donors (Lipinski definition) is 0. The Morgan fingerprint density at radius 2 is 1.74 bits per heavy atom. The highest BCUT2D eigenvalue weighted by Crippen LogP contribution is 2.53. The molecule has 1 aromatic rings. The molecule has 6 atom stereocenters. The number of carbonyl (C=O) groups is 3. The molecule has 3 fully saturated rings. The Labute approximate surface area is 182 Å². The normalized spacial score (nSPS) is 32.0. The van der Waals surface area contributed by atoms with Gasteiger partial charge in [-0.05, 0) is 50.2 Å². The molecule has 2 aliphatic carbocycles. The van der Waals surface area contributed by atoms with Crippen LogP contribution in [0.4, 0.5) is 0 Å². The predicted octanol–water partition coefficient (Wildman–Crippen LogP) is 2.56. The fourth-order valence-corrected chi connectivity index (χ4v) is 6.11. The van der Waals surface area contributed by atoms with Gasteiger partial charge in [0.05, 0.1) is 32.1 Å². The zero-order chi connectivity index (χ0) is 21.9. The van der Waals surface area contributed by atoms with Gasteiger partial charge in [-0.2, -0.15) is 0 Å². The highest BCUT2D eigenvalue weighted by molar-refractivity contribution is 6.09. The largest absolute Gasteiger partial charge is 0.497 e. The first kappa shape index (κ1) is 20.1. The predicted molar refractivity (Wildman–Crippen MR) is 112 cm³/mol. The Hall–Kier alpha value is -2.83. The highest BCUT2D eigenvalue weighted by atomic mass is 16.5. The fraction of sp³-hybridized carbons (Fsp3) is 0.542. The van der Waals surface area contributed by atoms with Gasteiger partial charge in [0.25, 0.3) is 0 Å². The number of carbonyl (C=O) groups excluding carboxylic acids is 3. The van der Waals surface area contributed by atoms with E-state index in [1.54, 1.807) is 26.0 Å². The lowest BCUT2D eigenvalue weighted by Crippen LogP contribution is -2.50. The molecule has 1 aromatic carbocycles. The van der Waals surface area contributed by atoms with Crippen molar-refractivity contribution in [2.45, 2.75) is 38.3 Å². The molecule has 2 saturated heterocycles. The van der Waals surface area contributed by atoms with Crippen LogP contribution in [0.25, 0.3) is 0 Å². The smallest absolute Gasteiger partial charge is 0.246 e. The van der Waals surface area contributed by atoms with Crippen LogP contribution in [0, 0.1) is 23.7 Å². The molecule has 0 spiro atoms. The van der Waals surface area contributed by atoms with E-state index < -0.39 is 6.04 Å². The lowest BCUT2D eigenvalue weighted by molar-refractivity contribution is -0.152. The van der Waals surface area contributed by atoms with Gasteiger partial charge < -0.3 is 14.4 Å². The van der Waals surface area contributed by atoms with Crippen molar-refractivity contribution in [2.75, 3.05) is 20.8 Å². The number of likely N-dealkylation sites (tertiary alicyclic amines) is 2. The molecule has 0 radical (unpaired) electrons. The molecule has 164 valence electrons. The molecule has 31 heavy (non-hydrogen) atoms. The zero-order valence-corrected chi connectivity index (χ0v) is 18.1. The van der Waals surface area contributed by atoms with Crippen molar-refractivity contribution in [3.8, 4) is 11.5 Å². The Balaban J connectivity index is 1.39. The number of hydrogen-bond acceptors (Lipinski definition) is 5. The van der Waals surface area contributed by atoms with E-state index in [2.05, 4.69) is 12.2 Å². The summed E-state index contributed by atoms with van der Waals surface area (Å²) in [5.41, 5.74) is 0.916. The van der Waals surface area contributed by atoms with E-state index in [0.717, 1.165) is 24.8 Å². The number of allylic oxidation sites excluding steroid dienone is 2. The Morgan fingerprint density at radius 3 is 2.35 bits per heavy atom. The van der Waals surface area contributed by atoms with Crippen molar-refractivity contribution in [3.63, 3.8) is 0 Å². The number of amides is 3. The van der Waals surface area contributed by atoms with E-state index in [9.17, 15) is 14.4 Å². The average molecular weight is 424 g/mol. The van der Waals surface area contributed by atoms with E-state index in [1.165, 1.54) is 4.90 Å². The van der Waals surface area contributed by atoms with Gasteiger partial charge in [0.15, 0.2) is 0 Å². The van der Waals surface area contributed by atoms with Crippen LogP contribution in [0.15, 0.2) is 30.4 Å². The van der Waals surface area contributed by atoms with Crippen molar-refractivity contribution < 1.29 is 23.9 Å². The first-order valence-corrected chi connectivity index (χ1v) is 11.0. The topological polar surface area (TPSA) is 76.2 Å². The summed E-state index contributed by atoms with van der Waals surface area (Å²) in [6, 6.07) is 4.66. The summed E-state index contributed by atoms with van der Waals surface area (Å²) < 4.78 is 10.8. The number of nitrogens with zero attached hydrogens (tertiary/aromatic N) is 2. The van der Waals surface area contributed by atoms with E-state index in [-0.39, 0.29) is 47.4 Å². The molecule has 0 unspecified atom stereocenters. The van der Waals surface area contributed by atoms with Gasteiger partial charge in [0.2, 0.25) is 17.7 Å². The standard InChI is InChI=1S/C24H28N2O5/c1-13(26-23(28)20-14-6-7-15(11-14)21(20)24(26)29)22(27)25-10-4-5-18(25)17-9-8-16(30-2)12-19(17)31-3/h6-9,12-15,18,20-21H,4-5,10-11H2,1-3H3/t13-,14-,15-,18-,20-,21+/m0/s1. The maximum absolute atomic E-state index is 13.5. The number of ether oxygens (including phenoxy) is 2. The van der Waals surface area contributed by atoms with E-state index in [0.29, 0.717) is 18.0 Å². The summed E-state index contributed by atoms with van der Waals surface area (Å²) in [5, 5.41) is 0.